The molecule has 1 aliphatic rings. The van der Waals surface area contributed by atoms with E-state index in [4.69, 9.17) is 11.6 Å². The molecule has 0 spiro atoms. The number of likely N-dealkylation sites (tertiary alicyclic amines) is 1. The number of benzene rings is 2. The zero-order valence-corrected chi connectivity index (χ0v) is 18.0. The van der Waals surface area contributed by atoms with Gasteiger partial charge in [-0.2, -0.15) is 0 Å². The molecular formula is C23H26ClN3OS. The fraction of sp³-hybridized carbons (Fsp3) is 0.348. The number of carbonyl (C=O) groups is 1. The number of hydrogen-bond acceptors (Lipinski definition) is 3. The summed E-state index contributed by atoms with van der Waals surface area (Å²) in [5, 5.41) is 4.87. The summed E-state index contributed by atoms with van der Waals surface area (Å²) in [7, 11) is 0. The first-order chi connectivity index (χ1) is 14.2. The van der Waals surface area contributed by atoms with E-state index in [0.29, 0.717) is 17.3 Å². The van der Waals surface area contributed by atoms with Gasteiger partial charge in [-0.3, -0.25) is 4.79 Å². The fourth-order valence-corrected chi connectivity index (χ4v) is 4.95. The lowest BCUT2D eigenvalue weighted by atomic mass is 10.1. The molecule has 0 saturated carbocycles. The Morgan fingerprint density at radius 2 is 1.83 bits per heavy atom. The Morgan fingerprint density at radius 1 is 1.07 bits per heavy atom. The van der Waals surface area contributed by atoms with E-state index in [-0.39, 0.29) is 5.91 Å². The van der Waals surface area contributed by atoms with Crippen LogP contribution in [0.3, 0.4) is 0 Å². The Kier molecular flexibility index (Phi) is 6.80. The summed E-state index contributed by atoms with van der Waals surface area (Å²) >= 11 is 7.60. The first-order valence-electron chi connectivity index (χ1n) is 10.3. The van der Waals surface area contributed by atoms with Gasteiger partial charge in [0.25, 0.3) is 5.91 Å². The molecule has 29 heavy (non-hydrogen) atoms. The van der Waals surface area contributed by atoms with Crippen molar-refractivity contribution in [1.82, 2.24) is 15.2 Å². The maximum Gasteiger partial charge on any atom is 0.268 e. The molecule has 2 N–H and O–H groups in total. The minimum absolute atomic E-state index is 0.0451. The van der Waals surface area contributed by atoms with Gasteiger partial charge in [0.15, 0.2) is 0 Å². The monoisotopic (exact) mass is 427 g/mol. The molecule has 1 amide bonds. The smallest absolute Gasteiger partial charge is 0.268 e. The number of para-hydroxylation sites is 1. The highest BCUT2D eigenvalue weighted by molar-refractivity contribution is 7.99. The molecule has 0 aliphatic carbocycles. The molecule has 4 rings (SSSR count). The number of hydrogen-bond donors (Lipinski definition) is 2. The Bertz CT molecular complexity index is 964. The number of halogens is 1. The van der Waals surface area contributed by atoms with Crippen LogP contribution >= 0.6 is 23.4 Å². The standard InChI is InChI=1S/C23H26ClN3OS/c24-17-9-11-18(12-10-17)29-22-19-7-2-3-8-20(19)26-21(22)23(28)25-13-6-16-27-14-4-1-5-15-27/h2-3,7-12,26H,1,4-6,13-16H2,(H,25,28). The number of fused-ring (bicyclic) bond motifs is 1. The predicted octanol–water partition coefficient (Wildman–Crippen LogP) is 5.58. The summed E-state index contributed by atoms with van der Waals surface area (Å²) in [5.74, 6) is -0.0451. The molecule has 2 heterocycles. The second-order valence-corrected chi connectivity index (χ2v) is 8.96. The zero-order valence-electron chi connectivity index (χ0n) is 16.4. The van der Waals surface area contributed by atoms with E-state index in [1.165, 1.54) is 32.4 Å². The highest BCUT2D eigenvalue weighted by Crippen LogP contribution is 2.37. The number of aromatic nitrogens is 1. The number of amides is 1. The third-order valence-corrected chi connectivity index (χ3v) is 6.69. The van der Waals surface area contributed by atoms with Crippen LogP contribution in [0.2, 0.25) is 5.02 Å². The Morgan fingerprint density at radius 3 is 2.62 bits per heavy atom. The number of nitrogens with one attached hydrogen (secondary N) is 2. The molecule has 2 aromatic carbocycles. The van der Waals surface area contributed by atoms with E-state index in [2.05, 4.69) is 21.3 Å². The lowest BCUT2D eigenvalue weighted by Gasteiger charge is -2.26. The average Bonchev–Trinajstić information content (AvgIpc) is 3.12. The number of rotatable bonds is 7. The molecule has 0 unspecified atom stereocenters. The number of H-pyrrole nitrogens is 1. The van der Waals surface area contributed by atoms with Crippen molar-refractivity contribution < 1.29 is 4.79 Å². The summed E-state index contributed by atoms with van der Waals surface area (Å²) in [5.41, 5.74) is 1.60. The molecule has 1 aliphatic heterocycles. The van der Waals surface area contributed by atoms with Crippen molar-refractivity contribution in [2.75, 3.05) is 26.2 Å². The van der Waals surface area contributed by atoms with Crippen LogP contribution in [0.1, 0.15) is 36.2 Å². The van der Waals surface area contributed by atoms with E-state index in [0.717, 1.165) is 33.7 Å². The van der Waals surface area contributed by atoms with E-state index < -0.39 is 0 Å². The van der Waals surface area contributed by atoms with Gasteiger partial charge in [0.05, 0.1) is 4.90 Å². The number of nitrogens with zero attached hydrogens (tertiary/aromatic N) is 1. The molecule has 1 aromatic heterocycles. The normalized spacial score (nSPS) is 14.9. The number of carbonyl (C=O) groups excluding carboxylic acids is 1. The quantitative estimate of drug-likeness (QED) is 0.484. The van der Waals surface area contributed by atoms with Gasteiger partial charge in [-0.1, -0.05) is 48.0 Å². The van der Waals surface area contributed by atoms with Gasteiger partial charge in [0.2, 0.25) is 0 Å². The lowest BCUT2D eigenvalue weighted by molar-refractivity contribution is 0.0944. The summed E-state index contributed by atoms with van der Waals surface area (Å²) in [6, 6.07) is 15.8. The minimum atomic E-state index is -0.0451. The molecule has 0 radical (unpaired) electrons. The van der Waals surface area contributed by atoms with Crippen molar-refractivity contribution in [3.8, 4) is 0 Å². The molecule has 0 bridgehead atoms. The average molecular weight is 428 g/mol. The molecule has 3 aromatic rings. The maximum absolute atomic E-state index is 12.9. The van der Waals surface area contributed by atoms with Crippen LogP contribution < -0.4 is 5.32 Å². The van der Waals surface area contributed by atoms with E-state index in [1.807, 2.05) is 42.5 Å². The molecular weight excluding hydrogens is 402 g/mol. The van der Waals surface area contributed by atoms with E-state index in [1.54, 1.807) is 11.8 Å². The number of aromatic amines is 1. The molecule has 6 heteroatoms. The van der Waals surface area contributed by atoms with Gasteiger partial charge in [0.1, 0.15) is 5.69 Å². The third-order valence-electron chi connectivity index (χ3n) is 5.30. The molecule has 152 valence electrons. The molecule has 1 fully saturated rings. The van der Waals surface area contributed by atoms with Gasteiger partial charge in [-0.05, 0) is 69.2 Å². The lowest BCUT2D eigenvalue weighted by Crippen LogP contribution is -2.33. The van der Waals surface area contributed by atoms with Crippen molar-refractivity contribution in [2.45, 2.75) is 35.5 Å². The fourth-order valence-electron chi connectivity index (χ4n) is 3.78. The highest BCUT2D eigenvalue weighted by atomic mass is 35.5. The van der Waals surface area contributed by atoms with Gasteiger partial charge in [0, 0.05) is 27.4 Å². The number of piperidine rings is 1. The van der Waals surface area contributed by atoms with Gasteiger partial charge >= 0.3 is 0 Å². The van der Waals surface area contributed by atoms with Crippen LogP contribution in [0.25, 0.3) is 10.9 Å². The van der Waals surface area contributed by atoms with Crippen LogP contribution in [0.4, 0.5) is 0 Å². The molecule has 0 atom stereocenters. The van der Waals surface area contributed by atoms with E-state index >= 15 is 0 Å². The Balaban J connectivity index is 1.45. The van der Waals surface area contributed by atoms with E-state index in [9.17, 15) is 4.79 Å². The Hall–Kier alpha value is -1.95. The van der Waals surface area contributed by atoms with Crippen molar-refractivity contribution in [3.05, 3.63) is 59.2 Å². The third kappa shape index (κ3) is 5.16. The second kappa shape index (κ2) is 9.70. The van der Waals surface area contributed by atoms with Gasteiger partial charge < -0.3 is 15.2 Å². The van der Waals surface area contributed by atoms with Crippen LogP contribution in [-0.4, -0.2) is 42.0 Å². The van der Waals surface area contributed by atoms with Crippen LogP contribution in [0.5, 0.6) is 0 Å². The summed E-state index contributed by atoms with van der Waals surface area (Å²) in [4.78, 5) is 20.8. The first-order valence-corrected chi connectivity index (χ1v) is 11.4. The Labute approximate surface area is 181 Å². The highest BCUT2D eigenvalue weighted by Gasteiger charge is 2.19. The van der Waals surface area contributed by atoms with Gasteiger partial charge in [-0.15, -0.1) is 0 Å². The molecule has 4 nitrogen and oxygen atoms in total. The van der Waals surface area contributed by atoms with Crippen molar-refractivity contribution in [1.29, 1.82) is 0 Å². The summed E-state index contributed by atoms with van der Waals surface area (Å²) < 4.78 is 0. The zero-order chi connectivity index (χ0) is 20.1. The first kappa shape index (κ1) is 20.3. The van der Waals surface area contributed by atoms with Gasteiger partial charge in [-0.25, -0.2) is 0 Å². The topological polar surface area (TPSA) is 48.1 Å². The molecule has 1 saturated heterocycles. The predicted molar refractivity (Wildman–Crippen MR) is 121 cm³/mol. The summed E-state index contributed by atoms with van der Waals surface area (Å²) in [6.07, 6.45) is 4.92. The van der Waals surface area contributed by atoms with Crippen LogP contribution in [-0.2, 0) is 0 Å². The van der Waals surface area contributed by atoms with Crippen molar-refractivity contribution in [2.24, 2.45) is 0 Å². The largest absolute Gasteiger partial charge is 0.351 e. The van der Waals surface area contributed by atoms with Crippen molar-refractivity contribution in [3.63, 3.8) is 0 Å². The maximum atomic E-state index is 12.9. The van der Waals surface area contributed by atoms with Crippen LogP contribution in [0, 0.1) is 0 Å². The minimum Gasteiger partial charge on any atom is -0.351 e. The van der Waals surface area contributed by atoms with Crippen LogP contribution in [0.15, 0.2) is 58.3 Å². The summed E-state index contributed by atoms with van der Waals surface area (Å²) in [6.45, 7) is 4.13. The SMILES string of the molecule is O=C(NCCCN1CCCCC1)c1[nH]c2ccccc2c1Sc1ccc(Cl)cc1. The second-order valence-electron chi connectivity index (χ2n) is 7.44. The van der Waals surface area contributed by atoms with Crippen molar-refractivity contribution >= 4 is 40.2 Å².